The lowest BCUT2D eigenvalue weighted by Gasteiger charge is -2.09. The number of carbonyl (C=O) groups is 1. The van der Waals surface area contributed by atoms with E-state index >= 15 is 0 Å². The number of thiazole rings is 1. The van der Waals surface area contributed by atoms with Gasteiger partial charge in [-0.15, -0.1) is 11.3 Å². The number of aromatic nitrogens is 2. The van der Waals surface area contributed by atoms with Gasteiger partial charge in [0.1, 0.15) is 5.01 Å². The first-order valence-corrected chi connectivity index (χ1v) is 8.91. The highest BCUT2D eigenvalue weighted by atomic mass is 32.1. The lowest BCUT2D eigenvalue weighted by molar-refractivity contribution is -0.120. The second-order valence-corrected chi connectivity index (χ2v) is 6.43. The Morgan fingerprint density at radius 2 is 1.96 bits per heavy atom. The Kier molecular flexibility index (Phi) is 5.80. The van der Waals surface area contributed by atoms with E-state index in [0.29, 0.717) is 18.0 Å². The van der Waals surface area contributed by atoms with E-state index in [1.54, 1.807) is 32.5 Å². The summed E-state index contributed by atoms with van der Waals surface area (Å²) in [5.41, 5.74) is 2.50. The third-order valence-electron chi connectivity index (χ3n) is 3.73. The van der Waals surface area contributed by atoms with Crippen LogP contribution in [0.3, 0.4) is 0 Å². The average molecular weight is 369 g/mol. The Hall–Kier alpha value is -2.93. The topological polar surface area (TPSA) is 73.3 Å². The fraction of sp³-hybridized carbons (Fsp3) is 0.211. The lowest BCUT2D eigenvalue weighted by atomic mass is 10.1. The van der Waals surface area contributed by atoms with Crippen LogP contribution in [-0.2, 0) is 17.8 Å². The number of methoxy groups -OCH3 is 2. The molecule has 7 heteroatoms. The van der Waals surface area contributed by atoms with Gasteiger partial charge in [-0.3, -0.25) is 9.78 Å². The maximum absolute atomic E-state index is 12.2. The molecule has 2 aromatic heterocycles. The maximum atomic E-state index is 12.2. The summed E-state index contributed by atoms with van der Waals surface area (Å²) in [6.07, 6.45) is 2.00. The Balaban J connectivity index is 1.57. The van der Waals surface area contributed by atoms with E-state index < -0.39 is 0 Å². The molecule has 0 aliphatic rings. The van der Waals surface area contributed by atoms with Gasteiger partial charge in [-0.1, -0.05) is 12.1 Å². The molecule has 0 aliphatic heterocycles. The minimum absolute atomic E-state index is 0.0770. The number of benzene rings is 1. The van der Waals surface area contributed by atoms with Crippen molar-refractivity contribution in [2.24, 2.45) is 0 Å². The number of rotatable bonds is 7. The van der Waals surface area contributed by atoms with Crippen molar-refractivity contribution < 1.29 is 14.3 Å². The molecule has 0 fully saturated rings. The molecule has 1 N–H and O–H groups in total. The Bertz CT molecular complexity index is 881. The van der Waals surface area contributed by atoms with E-state index in [0.717, 1.165) is 22.0 Å². The van der Waals surface area contributed by atoms with Crippen LogP contribution in [-0.4, -0.2) is 30.1 Å². The number of pyridine rings is 1. The van der Waals surface area contributed by atoms with Gasteiger partial charge in [0.2, 0.25) is 5.91 Å². The number of hydrogen-bond acceptors (Lipinski definition) is 6. The van der Waals surface area contributed by atoms with Crippen LogP contribution in [0, 0.1) is 0 Å². The van der Waals surface area contributed by atoms with Crippen molar-refractivity contribution in [3.05, 3.63) is 58.5 Å². The second kappa shape index (κ2) is 8.44. The van der Waals surface area contributed by atoms with Gasteiger partial charge < -0.3 is 14.8 Å². The third kappa shape index (κ3) is 4.37. The van der Waals surface area contributed by atoms with Crippen LogP contribution in [0.1, 0.15) is 10.6 Å². The quantitative estimate of drug-likeness (QED) is 0.693. The van der Waals surface area contributed by atoms with Gasteiger partial charge in [0, 0.05) is 11.6 Å². The molecule has 1 aromatic carbocycles. The normalized spacial score (nSPS) is 10.4. The van der Waals surface area contributed by atoms with Gasteiger partial charge in [-0.2, -0.15) is 0 Å². The van der Waals surface area contributed by atoms with Crippen molar-refractivity contribution in [1.29, 1.82) is 0 Å². The summed E-state index contributed by atoms with van der Waals surface area (Å²) >= 11 is 1.50. The molecule has 2 heterocycles. The van der Waals surface area contributed by atoms with Crippen molar-refractivity contribution in [2.45, 2.75) is 13.0 Å². The maximum Gasteiger partial charge on any atom is 0.224 e. The van der Waals surface area contributed by atoms with Crippen molar-refractivity contribution in [2.75, 3.05) is 14.2 Å². The van der Waals surface area contributed by atoms with Crippen LogP contribution >= 0.6 is 11.3 Å². The first-order chi connectivity index (χ1) is 12.7. The van der Waals surface area contributed by atoms with E-state index in [1.807, 2.05) is 29.6 Å². The molecule has 0 bridgehead atoms. The van der Waals surface area contributed by atoms with Gasteiger partial charge >= 0.3 is 0 Å². The van der Waals surface area contributed by atoms with Crippen LogP contribution in [0.25, 0.3) is 11.4 Å². The molecular weight excluding hydrogens is 350 g/mol. The molecule has 0 saturated carbocycles. The molecule has 0 unspecified atom stereocenters. The average Bonchev–Trinajstić information content (AvgIpc) is 3.16. The monoisotopic (exact) mass is 369 g/mol. The van der Waals surface area contributed by atoms with Crippen LogP contribution in [0.2, 0.25) is 0 Å². The summed E-state index contributed by atoms with van der Waals surface area (Å²) in [4.78, 5) is 21.0. The number of amides is 1. The number of nitrogens with one attached hydrogen (secondary N) is 1. The number of carbonyl (C=O) groups excluding carboxylic acids is 1. The van der Waals surface area contributed by atoms with Gasteiger partial charge in [-0.05, 0) is 29.8 Å². The van der Waals surface area contributed by atoms with E-state index in [-0.39, 0.29) is 12.3 Å². The lowest BCUT2D eigenvalue weighted by Crippen LogP contribution is -2.24. The van der Waals surface area contributed by atoms with E-state index in [2.05, 4.69) is 15.3 Å². The number of nitrogens with zero attached hydrogens (tertiary/aromatic N) is 2. The molecule has 6 nitrogen and oxygen atoms in total. The van der Waals surface area contributed by atoms with E-state index in [1.165, 1.54) is 11.3 Å². The Morgan fingerprint density at radius 1 is 1.12 bits per heavy atom. The SMILES string of the molecule is COc1ccc(CC(=O)NCc2nc(-c3ccccn3)cs2)cc1OC. The van der Waals surface area contributed by atoms with Gasteiger partial charge in [0.15, 0.2) is 11.5 Å². The highest BCUT2D eigenvalue weighted by molar-refractivity contribution is 7.09. The summed E-state index contributed by atoms with van der Waals surface area (Å²) in [7, 11) is 3.15. The predicted molar refractivity (Wildman–Crippen MR) is 100 cm³/mol. The molecule has 1 amide bonds. The summed E-state index contributed by atoms with van der Waals surface area (Å²) in [6.45, 7) is 0.392. The largest absolute Gasteiger partial charge is 0.493 e. The number of hydrogen-bond donors (Lipinski definition) is 1. The first-order valence-electron chi connectivity index (χ1n) is 8.03. The minimum Gasteiger partial charge on any atom is -0.493 e. The van der Waals surface area contributed by atoms with Crippen molar-refractivity contribution >= 4 is 17.2 Å². The zero-order valence-corrected chi connectivity index (χ0v) is 15.4. The fourth-order valence-electron chi connectivity index (χ4n) is 2.44. The molecule has 0 spiro atoms. The standard InChI is InChI=1S/C19H19N3O3S/c1-24-16-7-6-13(9-17(16)25-2)10-18(23)21-11-19-22-15(12-26-19)14-5-3-4-8-20-14/h3-9,12H,10-11H2,1-2H3,(H,21,23). The Morgan fingerprint density at radius 3 is 2.69 bits per heavy atom. The number of ether oxygens (including phenoxy) is 2. The van der Waals surface area contributed by atoms with E-state index in [4.69, 9.17) is 9.47 Å². The first kappa shape index (κ1) is 17.9. The zero-order chi connectivity index (χ0) is 18.4. The van der Waals surface area contributed by atoms with Gasteiger partial charge in [0.05, 0.1) is 38.6 Å². The van der Waals surface area contributed by atoms with Gasteiger partial charge in [0.25, 0.3) is 0 Å². The van der Waals surface area contributed by atoms with Gasteiger partial charge in [-0.25, -0.2) is 4.98 Å². The highest BCUT2D eigenvalue weighted by Gasteiger charge is 2.10. The molecule has 0 radical (unpaired) electrons. The van der Waals surface area contributed by atoms with E-state index in [9.17, 15) is 4.79 Å². The van der Waals surface area contributed by atoms with Crippen molar-refractivity contribution in [1.82, 2.24) is 15.3 Å². The van der Waals surface area contributed by atoms with Crippen LogP contribution in [0.5, 0.6) is 11.5 Å². The van der Waals surface area contributed by atoms with Crippen molar-refractivity contribution in [3.8, 4) is 22.9 Å². The summed E-state index contributed by atoms with van der Waals surface area (Å²) < 4.78 is 10.5. The Labute approximate surface area is 155 Å². The van der Waals surface area contributed by atoms with Crippen LogP contribution < -0.4 is 14.8 Å². The zero-order valence-electron chi connectivity index (χ0n) is 14.6. The smallest absolute Gasteiger partial charge is 0.224 e. The third-order valence-corrected chi connectivity index (χ3v) is 4.58. The minimum atomic E-state index is -0.0770. The highest BCUT2D eigenvalue weighted by Crippen LogP contribution is 2.27. The van der Waals surface area contributed by atoms with Crippen LogP contribution in [0.15, 0.2) is 48.0 Å². The molecule has 0 atom stereocenters. The molecule has 26 heavy (non-hydrogen) atoms. The predicted octanol–water partition coefficient (Wildman–Crippen LogP) is 3.08. The van der Waals surface area contributed by atoms with Crippen LogP contribution in [0.4, 0.5) is 0 Å². The summed E-state index contributed by atoms with van der Waals surface area (Å²) in [5, 5.41) is 5.68. The molecule has 0 aliphatic carbocycles. The molecule has 3 rings (SSSR count). The molecule has 3 aromatic rings. The van der Waals surface area contributed by atoms with Crippen molar-refractivity contribution in [3.63, 3.8) is 0 Å². The molecular formula is C19H19N3O3S. The summed E-state index contributed by atoms with van der Waals surface area (Å²) in [6, 6.07) is 11.2. The molecule has 0 saturated heterocycles. The molecule has 134 valence electrons. The fourth-order valence-corrected chi connectivity index (χ4v) is 3.16. The summed E-state index contributed by atoms with van der Waals surface area (Å²) in [5.74, 6) is 1.17. The second-order valence-electron chi connectivity index (χ2n) is 5.48.